The number of ether oxygens (including phenoxy) is 1. The molecule has 0 spiro atoms. The Bertz CT molecular complexity index is 698. The highest BCUT2D eigenvalue weighted by Gasteiger charge is 2.22. The second-order valence-electron chi connectivity index (χ2n) is 6.45. The van der Waals surface area contributed by atoms with Crippen LogP contribution >= 0.6 is 0 Å². The molecule has 0 saturated heterocycles. The van der Waals surface area contributed by atoms with Crippen LogP contribution in [0.5, 0.6) is 0 Å². The number of carbonyl (C=O) groups is 1. The van der Waals surface area contributed by atoms with Gasteiger partial charge in [0.15, 0.2) is 0 Å². The van der Waals surface area contributed by atoms with Crippen LogP contribution < -0.4 is 15.8 Å². The maximum absolute atomic E-state index is 12.6. The standard InChI is InChI=1S/C17H27N3O4S/c1-12-3-8-15(25(22,23)19-9-10-24-2)11-16(12)17(21)20-14-6-4-13(18)5-7-14/h3,8,11,13-14,19H,4-7,9-10,18H2,1-2H3,(H,20,21). The summed E-state index contributed by atoms with van der Waals surface area (Å²) in [5.41, 5.74) is 7.00. The van der Waals surface area contributed by atoms with Crippen LogP contribution in [0.3, 0.4) is 0 Å². The molecule has 1 aromatic rings. The van der Waals surface area contributed by atoms with Crippen LogP contribution in [0.15, 0.2) is 23.1 Å². The second-order valence-corrected chi connectivity index (χ2v) is 8.22. The summed E-state index contributed by atoms with van der Waals surface area (Å²) in [6, 6.07) is 4.87. The maximum atomic E-state index is 12.6. The van der Waals surface area contributed by atoms with Gasteiger partial charge in [-0.05, 0) is 50.3 Å². The number of rotatable bonds is 7. The van der Waals surface area contributed by atoms with Gasteiger partial charge in [0.25, 0.3) is 5.91 Å². The van der Waals surface area contributed by atoms with E-state index in [0.717, 1.165) is 31.2 Å². The summed E-state index contributed by atoms with van der Waals surface area (Å²) >= 11 is 0. The summed E-state index contributed by atoms with van der Waals surface area (Å²) in [4.78, 5) is 12.7. The number of nitrogens with one attached hydrogen (secondary N) is 2. The van der Waals surface area contributed by atoms with E-state index >= 15 is 0 Å². The lowest BCUT2D eigenvalue weighted by atomic mass is 9.91. The molecule has 1 aliphatic rings. The first-order valence-electron chi connectivity index (χ1n) is 8.49. The van der Waals surface area contributed by atoms with Crippen molar-refractivity contribution < 1.29 is 17.9 Å². The van der Waals surface area contributed by atoms with Crippen molar-refractivity contribution >= 4 is 15.9 Å². The van der Waals surface area contributed by atoms with Gasteiger partial charge in [-0.3, -0.25) is 4.79 Å². The molecule has 0 heterocycles. The van der Waals surface area contributed by atoms with Crippen LogP contribution in [0.1, 0.15) is 41.6 Å². The van der Waals surface area contributed by atoms with E-state index in [1.807, 2.05) is 0 Å². The number of hydrogen-bond donors (Lipinski definition) is 3. The molecule has 25 heavy (non-hydrogen) atoms. The molecule has 1 fully saturated rings. The molecule has 4 N–H and O–H groups in total. The fourth-order valence-electron chi connectivity index (χ4n) is 2.90. The Morgan fingerprint density at radius 3 is 2.60 bits per heavy atom. The first-order chi connectivity index (χ1) is 11.8. The predicted octanol–water partition coefficient (Wildman–Crippen LogP) is 0.919. The summed E-state index contributed by atoms with van der Waals surface area (Å²) in [6.45, 7) is 2.25. The molecule has 0 radical (unpaired) electrons. The van der Waals surface area contributed by atoms with E-state index in [-0.39, 0.29) is 36.0 Å². The van der Waals surface area contributed by atoms with Gasteiger partial charge in [0.1, 0.15) is 0 Å². The third-order valence-electron chi connectivity index (χ3n) is 4.47. The van der Waals surface area contributed by atoms with Gasteiger partial charge in [-0.15, -0.1) is 0 Å². The van der Waals surface area contributed by atoms with Crippen molar-refractivity contribution in [2.45, 2.75) is 49.6 Å². The quantitative estimate of drug-likeness (QED) is 0.619. The topological polar surface area (TPSA) is 111 Å². The summed E-state index contributed by atoms with van der Waals surface area (Å²) in [5.74, 6) is -0.244. The minimum Gasteiger partial charge on any atom is -0.383 e. The zero-order valence-corrected chi connectivity index (χ0v) is 15.6. The number of nitrogens with two attached hydrogens (primary N) is 1. The summed E-state index contributed by atoms with van der Waals surface area (Å²) in [5, 5.41) is 3.00. The molecule has 2 rings (SSSR count). The molecule has 0 bridgehead atoms. The van der Waals surface area contributed by atoms with Crippen LogP contribution in [0.4, 0.5) is 0 Å². The van der Waals surface area contributed by atoms with Crippen LogP contribution in [0, 0.1) is 6.92 Å². The molecule has 0 aromatic heterocycles. The largest absolute Gasteiger partial charge is 0.383 e. The second kappa shape index (κ2) is 8.75. The molecule has 8 heteroatoms. The highest BCUT2D eigenvalue weighted by molar-refractivity contribution is 7.89. The van der Waals surface area contributed by atoms with Gasteiger partial charge in [-0.1, -0.05) is 6.07 Å². The number of carbonyl (C=O) groups excluding carboxylic acids is 1. The maximum Gasteiger partial charge on any atom is 0.251 e. The van der Waals surface area contributed by atoms with Gasteiger partial charge in [-0.2, -0.15) is 0 Å². The Labute approximate surface area is 149 Å². The highest BCUT2D eigenvalue weighted by atomic mass is 32.2. The van der Waals surface area contributed by atoms with E-state index in [2.05, 4.69) is 10.0 Å². The number of methoxy groups -OCH3 is 1. The van der Waals surface area contributed by atoms with Crippen molar-refractivity contribution in [2.75, 3.05) is 20.3 Å². The summed E-state index contributed by atoms with van der Waals surface area (Å²) < 4.78 is 31.9. The van der Waals surface area contributed by atoms with Crippen molar-refractivity contribution in [3.8, 4) is 0 Å². The van der Waals surface area contributed by atoms with E-state index in [1.54, 1.807) is 13.0 Å². The number of benzene rings is 1. The average Bonchev–Trinajstić information content (AvgIpc) is 2.57. The molecule has 1 amide bonds. The van der Waals surface area contributed by atoms with E-state index in [1.165, 1.54) is 19.2 Å². The van der Waals surface area contributed by atoms with E-state index in [4.69, 9.17) is 10.5 Å². The third kappa shape index (κ3) is 5.50. The Balaban J connectivity index is 2.11. The minimum atomic E-state index is -3.67. The zero-order valence-electron chi connectivity index (χ0n) is 14.7. The van der Waals surface area contributed by atoms with Crippen LogP contribution in [-0.2, 0) is 14.8 Å². The summed E-state index contributed by atoms with van der Waals surface area (Å²) in [6.07, 6.45) is 3.48. The smallest absolute Gasteiger partial charge is 0.251 e. The lowest BCUT2D eigenvalue weighted by molar-refractivity contribution is 0.0925. The Kier molecular flexibility index (Phi) is 6.95. The molecule has 140 valence electrons. The molecular weight excluding hydrogens is 342 g/mol. The summed E-state index contributed by atoms with van der Waals surface area (Å²) in [7, 11) is -2.17. The van der Waals surface area contributed by atoms with Gasteiger partial charge in [0.05, 0.1) is 11.5 Å². The Morgan fingerprint density at radius 2 is 1.96 bits per heavy atom. The first kappa shape index (κ1) is 19.8. The Morgan fingerprint density at radius 1 is 1.28 bits per heavy atom. The highest BCUT2D eigenvalue weighted by Crippen LogP contribution is 2.19. The van der Waals surface area contributed by atoms with Gasteiger partial charge in [0, 0.05) is 31.3 Å². The SMILES string of the molecule is COCCNS(=O)(=O)c1ccc(C)c(C(=O)NC2CCC(N)CC2)c1. The molecule has 0 unspecified atom stereocenters. The van der Waals surface area contributed by atoms with Gasteiger partial charge >= 0.3 is 0 Å². The van der Waals surface area contributed by atoms with E-state index in [9.17, 15) is 13.2 Å². The molecule has 0 atom stereocenters. The molecular formula is C17H27N3O4S. The number of aryl methyl sites for hydroxylation is 1. The van der Waals surface area contributed by atoms with E-state index < -0.39 is 10.0 Å². The predicted molar refractivity (Wildman–Crippen MR) is 95.9 cm³/mol. The fourth-order valence-corrected chi connectivity index (χ4v) is 3.94. The van der Waals surface area contributed by atoms with Crippen molar-refractivity contribution in [3.05, 3.63) is 29.3 Å². The molecule has 1 aliphatic carbocycles. The lowest BCUT2D eigenvalue weighted by Crippen LogP contribution is -2.40. The molecule has 1 saturated carbocycles. The monoisotopic (exact) mass is 369 g/mol. The normalized spacial score (nSPS) is 21.1. The number of amides is 1. The molecule has 1 aromatic carbocycles. The number of sulfonamides is 1. The van der Waals surface area contributed by atoms with Crippen molar-refractivity contribution in [3.63, 3.8) is 0 Å². The van der Waals surface area contributed by atoms with Crippen molar-refractivity contribution in [1.29, 1.82) is 0 Å². The molecule has 7 nitrogen and oxygen atoms in total. The Hall–Kier alpha value is -1.48. The third-order valence-corrected chi connectivity index (χ3v) is 5.93. The minimum absolute atomic E-state index is 0.0741. The van der Waals surface area contributed by atoms with Gasteiger partial charge in [0.2, 0.25) is 10.0 Å². The average molecular weight is 369 g/mol. The van der Waals surface area contributed by atoms with Crippen molar-refractivity contribution in [2.24, 2.45) is 5.73 Å². The first-order valence-corrected chi connectivity index (χ1v) is 9.97. The van der Waals surface area contributed by atoms with Crippen LogP contribution in [0.25, 0.3) is 0 Å². The lowest BCUT2D eigenvalue weighted by Gasteiger charge is -2.27. The van der Waals surface area contributed by atoms with Crippen molar-refractivity contribution in [1.82, 2.24) is 10.0 Å². The number of hydrogen-bond acceptors (Lipinski definition) is 5. The van der Waals surface area contributed by atoms with Gasteiger partial charge in [-0.25, -0.2) is 13.1 Å². The fraction of sp³-hybridized carbons (Fsp3) is 0.588. The van der Waals surface area contributed by atoms with E-state index in [0.29, 0.717) is 5.56 Å². The van der Waals surface area contributed by atoms with Gasteiger partial charge < -0.3 is 15.8 Å². The van der Waals surface area contributed by atoms with Crippen LogP contribution in [-0.4, -0.2) is 46.7 Å². The van der Waals surface area contributed by atoms with Crippen LogP contribution in [0.2, 0.25) is 0 Å². The zero-order chi connectivity index (χ0) is 18.4. The molecule has 0 aliphatic heterocycles.